The van der Waals surface area contributed by atoms with Crippen LogP contribution in [0.4, 0.5) is 8.78 Å². The van der Waals surface area contributed by atoms with Crippen molar-refractivity contribution in [2.24, 2.45) is 0 Å². The maximum Gasteiger partial charge on any atom is 0.131 e. The molecule has 0 aliphatic carbocycles. The van der Waals surface area contributed by atoms with E-state index < -0.39 is 6.89 Å². The molecule has 0 aliphatic heterocycles. The van der Waals surface area contributed by atoms with Crippen molar-refractivity contribution in [3.63, 3.8) is 0 Å². The third-order valence-corrected chi connectivity index (χ3v) is 10.0. The largest absolute Gasteiger partial charge is 0.206 e. The van der Waals surface area contributed by atoms with Crippen molar-refractivity contribution in [1.82, 2.24) is 0 Å². The van der Waals surface area contributed by atoms with Gasteiger partial charge in [-0.15, -0.1) is 0 Å². The van der Waals surface area contributed by atoms with Gasteiger partial charge in [-0.25, -0.2) is 8.78 Å². The Balaban J connectivity index is 1.81. The van der Waals surface area contributed by atoms with E-state index in [-0.39, 0.29) is 11.6 Å². The highest BCUT2D eigenvalue weighted by atomic mass is 31.2. The molecule has 6 rings (SSSR count). The molecule has 0 nitrogen and oxygen atoms in total. The van der Waals surface area contributed by atoms with Crippen LogP contribution in [-0.4, -0.2) is 6.30 Å². The van der Waals surface area contributed by atoms with Crippen LogP contribution in [0.25, 0.3) is 32.3 Å². The van der Waals surface area contributed by atoms with Gasteiger partial charge in [-0.3, -0.25) is 0 Å². The Labute approximate surface area is 185 Å². The predicted octanol–water partition coefficient (Wildman–Crippen LogP) is 6.59. The van der Waals surface area contributed by atoms with Crippen molar-refractivity contribution in [1.29, 1.82) is 0 Å². The molecule has 0 bridgehead atoms. The van der Waals surface area contributed by atoms with Crippen molar-refractivity contribution in [3.8, 4) is 0 Å². The quantitative estimate of drug-likeness (QED) is 0.217. The zero-order valence-electron chi connectivity index (χ0n) is 17.2. The molecular formula is C29H19F2P. The number of halogens is 2. The molecule has 0 radical (unpaired) electrons. The highest BCUT2D eigenvalue weighted by Crippen LogP contribution is 2.47. The van der Waals surface area contributed by atoms with Gasteiger partial charge < -0.3 is 0 Å². The van der Waals surface area contributed by atoms with E-state index in [1.807, 2.05) is 6.07 Å². The maximum absolute atomic E-state index is 15.2. The Morgan fingerprint density at radius 1 is 0.469 bits per heavy atom. The molecule has 154 valence electrons. The minimum atomic E-state index is -2.86. The summed E-state index contributed by atoms with van der Waals surface area (Å²) in [5, 5.41) is 8.53. The van der Waals surface area contributed by atoms with Crippen molar-refractivity contribution in [3.05, 3.63) is 115 Å². The molecule has 0 saturated heterocycles. The molecule has 0 unspecified atom stereocenters. The van der Waals surface area contributed by atoms with Gasteiger partial charge in [-0.2, -0.15) is 0 Å². The first-order valence-electron chi connectivity index (χ1n) is 10.5. The van der Waals surface area contributed by atoms with Crippen LogP contribution in [0, 0.1) is 11.6 Å². The van der Waals surface area contributed by atoms with Gasteiger partial charge in [0.2, 0.25) is 0 Å². The van der Waals surface area contributed by atoms with Gasteiger partial charge in [0.1, 0.15) is 11.6 Å². The molecule has 32 heavy (non-hydrogen) atoms. The lowest BCUT2D eigenvalue weighted by atomic mass is 9.94. The lowest BCUT2D eigenvalue weighted by Gasteiger charge is -2.29. The van der Waals surface area contributed by atoms with Crippen LogP contribution >= 0.6 is 6.89 Å². The molecule has 0 atom stereocenters. The normalized spacial score (nSPS) is 12.2. The fourth-order valence-corrected chi connectivity index (χ4v) is 8.23. The van der Waals surface area contributed by atoms with E-state index in [2.05, 4.69) is 54.8 Å². The zero-order valence-corrected chi connectivity index (χ0v) is 18.1. The van der Waals surface area contributed by atoms with Crippen LogP contribution in [0.15, 0.2) is 103 Å². The lowest BCUT2D eigenvalue weighted by Crippen LogP contribution is -2.29. The summed E-state index contributed by atoms with van der Waals surface area (Å²) in [6.45, 7) is -2.86. The molecule has 0 amide bonds. The second-order valence-corrected chi connectivity index (χ2v) is 11.2. The molecule has 6 aromatic carbocycles. The summed E-state index contributed by atoms with van der Waals surface area (Å²) in [5.41, 5.74) is 0. The monoisotopic (exact) mass is 436 g/mol. The van der Waals surface area contributed by atoms with Gasteiger partial charge in [-0.05, 0) is 56.6 Å². The minimum Gasteiger partial charge on any atom is -0.206 e. The van der Waals surface area contributed by atoms with Gasteiger partial charge in [-0.1, -0.05) is 97.3 Å². The molecule has 0 heterocycles. The predicted molar refractivity (Wildman–Crippen MR) is 136 cm³/mol. The Kier molecular flexibility index (Phi) is 4.22. The molecule has 0 N–H and O–H groups in total. The Morgan fingerprint density at radius 2 is 0.969 bits per heavy atom. The molecular weight excluding hydrogens is 417 g/mol. The van der Waals surface area contributed by atoms with E-state index in [4.69, 9.17) is 0 Å². The molecule has 0 aromatic heterocycles. The second-order valence-electron chi connectivity index (χ2n) is 8.15. The maximum atomic E-state index is 15.2. The van der Waals surface area contributed by atoms with E-state index in [9.17, 15) is 0 Å². The topological polar surface area (TPSA) is 0 Å². The fourth-order valence-electron chi connectivity index (χ4n) is 4.96. The third kappa shape index (κ3) is 2.60. The van der Waals surface area contributed by atoms with Crippen LogP contribution in [0.5, 0.6) is 0 Å². The smallest absolute Gasteiger partial charge is 0.131 e. The summed E-state index contributed by atoms with van der Waals surface area (Å²) in [7, 11) is 0. The first kappa shape index (κ1) is 19.2. The number of hydrogen-bond acceptors (Lipinski definition) is 0. The van der Waals surface area contributed by atoms with Crippen molar-refractivity contribution in [2.45, 2.75) is 0 Å². The average Bonchev–Trinajstić information content (AvgIpc) is 2.82. The van der Waals surface area contributed by atoms with E-state index >= 15 is 8.78 Å². The summed E-state index contributed by atoms with van der Waals surface area (Å²) in [6, 6.07) is 32.1. The van der Waals surface area contributed by atoms with Gasteiger partial charge in [0.05, 0.1) is 0 Å². The van der Waals surface area contributed by atoms with Gasteiger partial charge in [0, 0.05) is 10.6 Å². The van der Waals surface area contributed by atoms with E-state index in [1.165, 1.54) is 17.5 Å². The summed E-state index contributed by atoms with van der Waals surface area (Å²) < 4.78 is 30.5. The minimum absolute atomic E-state index is 0.357. The summed E-state index contributed by atoms with van der Waals surface area (Å²) >= 11 is 0. The van der Waals surface area contributed by atoms with E-state index in [0.29, 0.717) is 10.6 Å². The summed E-state index contributed by atoms with van der Waals surface area (Å²) in [6.07, 6.45) is 4.62. The molecule has 0 saturated carbocycles. The third-order valence-electron chi connectivity index (χ3n) is 6.44. The van der Waals surface area contributed by atoms with Crippen LogP contribution in [0.2, 0.25) is 0 Å². The van der Waals surface area contributed by atoms with Crippen molar-refractivity contribution in [2.75, 3.05) is 0 Å². The molecule has 3 heteroatoms. The van der Waals surface area contributed by atoms with Crippen LogP contribution < -0.4 is 15.9 Å². The van der Waals surface area contributed by atoms with E-state index in [0.717, 1.165) is 32.2 Å². The number of benzene rings is 6. The summed E-state index contributed by atoms with van der Waals surface area (Å²) in [4.78, 5) is 0. The fraction of sp³-hybridized carbons (Fsp3) is 0. The molecule has 0 fully saturated rings. The summed E-state index contributed by atoms with van der Waals surface area (Å²) in [5.74, 6) is -0.713. The zero-order chi connectivity index (χ0) is 21.9. The molecule has 0 spiro atoms. The van der Waals surface area contributed by atoms with Crippen LogP contribution in [0.1, 0.15) is 0 Å². The highest BCUT2D eigenvalue weighted by Gasteiger charge is 2.30. The van der Waals surface area contributed by atoms with Crippen LogP contribution in [0.3, 0.4) is 0 Å². The van der Waals surface area contributed by atoms with Gasteiger partial charge in [0.25, 0.3) is 0 Å². The average molecular weight is 436 g/mol. The van der Waals surface area contributed by atoms with Crippen LogP contribution in [-0.2, 0) is 0 Å². The van der Waals surface area contributed by atoms with Crippen molar-refractivity contribution < 1.29 is 8.78 Å². The van der Waals surface area contributed by atoms with Crippen molar-refractivity contribution >= 4 is 61.4 Å². The van der Waals surface area contributed by atoms with Gasteiger partial charge in [0.15, 0.2) is 0 Å². The first-order chi connectivity index (χ1) is 15.6. The number of hydrogen-bond donors (Lipinski definition) is 0. The molecule has 0 aliphatic rings. The Bertz CT molecular complexity index is 1620. The van der Waals surface area contributed by atoms with E-state index in [1.54, 1.807) is 36.4 Å². The standard InChI is InChI=1S/C29H19F2P/c1-32(26-11-4-2-9-23(26)30,27-12-5-3-10-24(27)31)25-18-16-21-14-13-19-7-6-8-20-15-17-22(25)29(21)28(19)20/h2-18H,1H2. The second kappa shape index (κ2) is 7.02. The highest BCUT2D eigenvalue weighted by molar-refractivity contribution is 7.93. The van der Waals surface area contributed by atoms with Gasteiger partial charge >= 0.3 is 0 Å². The molecule has 6 aromatic rings. The first-order valence-corrected chi connectivity index (χ1v) is 12.5. The number of rotatable bonds is 3. The lowest BCUT2D eigenvalue weighted by molar-refractivity contribution is 0.634. The Hall–Kier alpha value is -3.48. The SMILES string of the molecule is C=P(c1ccccc1F)(c1ccccc1F)c1ccc2ccc3cccc4ccc1c2c34. The Morgan fingerprint density at radius 3 is 1.56 bits per heavy atom.